The number of anilines is 1. The van der Waals surface area contributed by atoms with E-state index < -0.39 is 26.6 Å². The number of likely N-dealkylation sites (tertiary alicyclic amines) is 1. The zero-order valence-electron chi connectivity index (χ0n) is 18.7. The first-order chi connectivity index (χ1) is 15.6. The predicted octanol–water partition coefficient (Wildman–Crippen LogP) is 3.66. The number of nitrogens with zero attached hydrogens (tertiary/aromatic N) is 1. The lowest BCUT2D eigenvalue weighted by atomic mass is 9.91. The summed E-state index contributed by atoms with van der Waals surface area (Å²) in [7, 11) is -4.17. The van der Waals surface area contributed by atoms with Gasteiger partial charge < -0.3 is 10.2 Å². The summed E-state index contributed by atoms with van der Waals surface area (Å²) in [5, 5.41) is 2.67. The van der Waals surface area contributed by atoms with Gasteiger partial charge in [-0.25, -0.2) is 17.5 Å². The number of piperidine rings is 1. The monoisotopic (exact) mass is 473 g/mol. The maximum atomic E-state index is 14.2. The number of sulfonamides is 1. The van der Waals surface area contributed by atoms with Gasteiger partial charge in [-0.2, -0.15) is 0 Å². The summed E-state index contributed by atoms with van der Waals surface area (Å²) in [6.45, 7) is 8.83. The molecule has 0 saturated carbocycles. The number of hydrogen-bond donors (Lipinski definition) is 2. The fourth-order valence-electron chi connectivity index (χ4n) is 4.07. The number of carbonyl (C=O) groups excluding carboxylic acids is 2. The van der Waals surface area contributed by atoms with Gasteiger partial charge in [0.15, 0.2) is 0 Å². The van der Waals surface area contributed by atoms with Crippen molar-refractivity contribution in [2.45, 2.75) is 25.2 Å². The van der Waals surface area contributed by atoms with Crippen LogP contribution in [0.15, 0.2) is 60.0 Å². The molecule has 7 nitrogen and oxygen atoms in total. The van der Waals surface area contributed by atoms with Gasteiger partial charge in [-0.05, 0) is 48.6 Å². The lowest BCUT2D eigenvalue weighted by molar-refractivity contribution is 0.0624. The zero-order chi connectivity index (χ0) is 24.2. The van der Waals surface area contributed by atoms with E-state index >= 15 is 0 Å². The highest BCUT2D eigenvalue weighted by Crippen LogP contribution is 2.25. The third-order valence-electron chi connectivity index (χ3n) is 5.46. The van der Waals surface area contributed by atoms with E-state index in [1.807, 2.05) is 0 Å². The second-order valence-corrected chi connectivity index (χ2v) is 10.2. The molecule has 176 valence electrons. The Morgan fingerprint density at radius 1 is 1.15 bits per heavy atom. The van der Waals surface area contributed by atoms with Gasteiger partial charge in [0.2, 0.25) is 10.0 Å². The van der Waals surface area contributed by atoms with Crippen molar-refractivity contribution in [3.05, 3.63) is 72.1 Å². The van der Waals surface area contributed by atoms with E-state index in [9.17, 15) is 22.4 Å². The average molecular weight is 474 g/mol. The molecule has 1 aliphatic rings. The Kier molecular flexibility index (Phi) is 7.65. The number of rotatable bonds is 7. The third-order valence-corrected chi connectivity index (χ3v) is 6.90. The fourth-order valence-corrected chi connectivity index (χ4v) is 5.17. The molecule has 33 heavy (non-hydrogen) atoms. The van der Waals surface area contributed by atoms with E-state index in [0.29, 0.717) is 36.2 Å². The first-order valence-electron chi connectivity index (χ1n) is 10.7. The molecule has 3 rings (SSSR count). The van der Waals surface area contributed by atoms with Crippen LogP contribution in [0.2, 0.25) is 0 Å². The van der Waals surface area contributed by atoms with Crippen LogP contribution in [0.1, 0.15) is 41.0 Å². The molecule has 2 aromatic rings. The Bertz CT molecular complexity index is 1160. The van der Waals surface area contributed by atoms with Gasteiger partial charge in [0.1, 0.15) is 10.7 Å². The van der Waals surface area contributed by atoms with Crippen LogP contribution in [-0.2, 0) is 10.0 Å². The smallest absolute Gasteiger partial charge is 0.255 e. The van der Waals surface area contributed by atoms with Crippen molar-refractivity contribution in [3.8, 4) is 0 Å². The van der Waals surface area contributed by atoms with E-state index in [4.69, 9.17) is 0 Å². The molecule has 9 heteroatoms. The number of hydrogen-bond acceptors (Lipinski definition) is 4. The van der Waals surface area contributed by atoms with E-state index in [-0.39, 0.29) is 18.0 Å². The molecule has 1 fully saturated rings. The molecule has 2 unspecified atom stereocenters. The van der Waals surface area contributed by atoms with Gasteiger partial charge >= 0.3 is 0 Å². The Morgan fingerprint density at radius 3 is 2.48 bits per heavy atom. The van der Waals surface area contributed by atoms with Crippen LogP contribution in [0.5, 0.6) is 0 Å². The minimum Gasteiger partial charge on any atom is -0.338 e. The van der Waals surface area contributed by atoms with Crippen LogP contribution in [0, 0.1) is 17.7 Å². The van der Waals surface area contributed by atoms with Crippen molar-refractivity contribution in [3.63, 3.8) is 0 Å². The van der Waals surface area contributed by atoms with Gasteiger partial charge in [-0.3, -0.25) is 9.59 Å². The average Bonchev–Trinajstić information content (AvgIpc) is 2.77. The fraction of sp³-hybridized carbons (Fsp3) is 0.333. The molecule has 0 aromatic heterocycles. The second-order valence-electron chi connectivity index (χ2n) is 8.44. The van der Waals surface area contributed by atoms with Crippen LogP contribution in [0.3, 0.4) is 0 Å². The third kappa shape index (κ3) is 5.85. The van der Waals surface area contributed by atoms with Crippen molar-refractivity contribution in [1.29, 1.82) is 0 Å². The second kappa shape index (κ2) is 10.3. The molecule has 0 radical (unpaired) electrons. The molecule has 2 atom stereocenters. The van der Waals surface area contributed by atoms with Crippen LogP contribution < -0.4 is 10.0 Å². The van der Waals surface area contributed by atoms with Crippen molar-refractivity contribution < 1.29 is 22.4 Å². The number of benzene rings is 2. The van der Waals surface area contributed by atoms with E-state index in [2.05, 4.69) is 30.5 Å². The Balaban J connectivity index is 1.85. The van der Waals surface area contributed by atoms with Crippen LogP contribution in [-0.4, -0.2) is 44.8 Å². The maximum Gasteiger partial charge on any atom is 0.255 e. The van der Waals surface area contributed by atoms with Crippen LogP contribution in [0.25, 0.3) is 0 Å². The lowest BCUT2D eigenvalue weighted by Crippen LogP contribution is -2.42. The first-order valence-corrected chi connectivity index (χ1v) is 12.2. The summed E-state index contributed by atoms with van der Waals surface area (Å²) in [6, 6.07) is 9.73. The largest absolute Gasteiger partial charge is 0.338 e. The number of nitrogens with one attached hydrogen (secondary N) is 2. The first kappa shape index (κ1) is 24.6. The number of carbonyl (C=O) groups is 2. The molecule has 2 N–H and O–H groups in total. The zero-order valence-corrected chi connectivity index (χ0v) is 19.5. The molecule has 0 spiro atoms. The van der Waals surface area contributed by atoms with Crippen molar-refractivity contribution in [2.24, 2.45) is 11.8 Å². The molecular formula is C24H28FN3O4S. The quantitative estimate of drug-likeness (QED) is 0.600. The highest BCUT2D eigenvalue weighted by atomic mass is 32.2. The molecule has 1 aliphatic heterocycles. The van der Waals surface area contributed by atoms with Crippen molar-refractivity contribution in [1.82, 2.24) is 9.62 Å². The summed E-state index contributed by atoms with van der Waals surface area (Å²) in [5.74, 6) is -1.05. The molecule has 2 aromatic carbocycles. The standard InChI is InChI=1S/C24H28FN3O4S/c1-4-11-26-33(31,32)22-13-18(9-10-20(22)25)23(29)27-21-8-6-5-7-19(21)24(30)28-14-16(2)12-17(3)15-28/h4-10,13,16-17,26H,1,11-12,14-15H2,2-3H3,(H,27,29). The van der Waals surface area contributed by atoms with E-state index in [0.717, 1.165) is 18.6 Å². The summed E-state index contributed by atoms with van der Waals surface area (Å²) in [6.07, 6.45) is 2.38. The molecule has 1 heterocycles. The molecule has 1 saturated heterocycles. The van der Waals surface area contributed by atoms with Crippen molar-refractivity contribution >= 4 is 27.5 Å². The molecule has 2 amide bonds. The number of para-hydroxylation sites is 1. The van der Waals surface area contributed by atoms with Crippen LogP contribution >= 0.6 is 0 Å². The van der Waals surface area contributed by atoms with E-state index in [1.165, 1.54) is 12.1 Å². The van der Waals surface area contributed by atoms with Crippen LogP contribution in [0.4, 0.5) is 10.1 Å². The predicted molar refractivity (Wildman–Crippen MR) is 125 cm³/mol. The SMILES string of the molecule is C=CCNS(=O)(=O)c1cc(C(=O)Nc2ccccc2C(=O)N2CC(C)CC(C)C2)ccc1F. The Hall–Kier alpha value is -3.04. The Labute approximate surface area is 193 Å². The van der Waals surface area contributed by atoms with Gasteiger partial charge in [-0.15, -0.1) is 6.58 Å². The molecular weight excluding hydrogens is 445 g/mol. The Morgan fingerprint density at radius 2 is 1.82 bits per heavy atom. The topological polar surface area (TPSA) is 95.6 Å². The minimum absolute atomic E-state index is 0.0575. The van der Waals surface area contributed by atoms with Crippen molar-refractivity contribution in [2.75, 3.05) is 25.0 Å². The van der Waals surface area contributed by atoms with Gasteiger partial charge in [0.25, 0.3) is 11.8 Å². The highest BCUT2D eigenvalue weighted by Gasteiger charge is 2.28. The molecule has 0 bridgehead atoms. The molecule has 0 aliphatic carbocycles. The summed E-state index contributed by atoms with van der Waals surface area (Å²) in [4.78, 5) is 27.2. The number of halogens is 1. The highest BCUT2D eigenvalue weighted by molar-refractivity contribution is 7.89. The minimum atomic E-state index is -4.17. The van der Waals surface area contributed by atoms with Gasteiger partial charge in [-0.1, -0.05) is 32.1 Å². The number of amides is 2. The summed E-state index contributed by atoms with van der Waals surface area (Å²) in [5.41, 5.74) is 0.587. The maximum absolute atomic E-state index is 14.2. The lowest BCUT2D eigenvalue weighted by Gasteiger charge is -2.35. The normalized spacial score (nSPS) is 18.6. The van der Waals surface area contributed by atoms with Gasteiger partial charge in [0.05, 0.1) is 11.3 Å². The summed E-state index contributed by atoms with van der Waals surface area (Å²) < 4.78 is 41.0. The van der Waals surface area contributed by atoms with E-state index in [1.54, 1.807) is 29.2 Å². The summed E-state index contributed by atoms with van der Waals surface area (Å²) >= 11 is 0. The van der Waals surface area contributed by atoms with Gasteiger partial charge in [0, 0.05) is 25.2 Å².